The summed E-state index contributed by atoms with van der Waals surface area (Å²) in [5, 5.41) is 0.129. The minimum atomic E-state index is -0.429. The molecule has 0 bridgehead atoms. The van der Waals surface area contributed by atoms with Crippen LogP contribution in [0.4, 0.5) is 5.95 Å². The molecule has 20 heavy (non-hydrogen) atoms. The lowest BCUT2D eigenvalue weighted by atomic mass is 10.4. The van der Waals surface area contributed by atoms with E-state index >= 15 is 0 Å². The summed E-state index contributed by atoms with van der Waals surface area (Å²) in [5.74, 6) is -0.146. The number of rotatable bonds is 3. The molecule has 0 saturated carbocycles. The van der Waals surface area contributed by atoms with Crippen LogP contribution in [0.15, 0.2) is 42.9 Å². The minimum absolute atomic E-state index is 0.129. The van der Waals surface area contributed by atoms with Crippen molar-refractivity contribution in [2.75, 3.05) is 5.43 Å². The Hall–Kier alpha value is -2.67. The van der Waals surface area contributed by atoms with Gasteiger partial charge in [-0.15, -0.1) is 0 Å². The van der Waals surface area contributed by atoms with Crippen molar-refractivity contribution in [3.05, 3.63) is 53.7 Å². The van der Waals surface area contributed by atoms with Crippen LogP contribution in [0.2, 0.25) is 5.15 Å². The molecule has 1 amide bonds. The number of hydrazine groups is 1. The van der Waals surface area contributed by atoms with Crippen LogP contribution < -0.4 is 10.9 Å². The maximum absolute atomic E-state index is 12.1. The first kappa shape index (κ1) is 12.4. The summed E-state index contributed by atoms with van der Waals surface area (Å²) in [6.07, 6.45) is 4.83. The number of fused-ring (bicyclic) bond motifs is 1. The fourth-order valence-corrected chi connectivity index (χ4v) is 1.97. The maximum atomic E-state index is 12.1. The normalized spacial score (nSPS) is 10.4. The smallest absolute Gasteiger partial charge is 0.289 e. The molecule has 0 saturated heterocycles. The molecule has 7 nitrogen and oxygen atoms in total. The van der Waals surface area contributed by atoms with Crippen molar-refractivity contribution in [2.24, 2.45) is 0 Å². The van der Waals surface area contributed by atoms with E-state index < -0.39 is 5.91 Å². The van der Waals surface area contributed by atoms with Gasteiger partial charge in [0.15, 0.2) is 10.8 Å². The summed E-state index contributed by atoms with van der Waals surface area (Å²) in [4.78, 5) is 24.1. The van der Waals surface area contributed by atoms with Crippen molar-refractivity contribution in [1.82, 2.24) is 24.8 Å². The van der Waals surface area contributed by atoms with Crippen LogP contribution in [0.1, 0.15) is 10.5 Å². The molecular weight excluding hydrogens is 280 g/mol. The zero-order chi connectivity index (χ0) is 13.9. The molecule has 2 N–H and O–H groups in total. The number of carbonyl (C=O) groups is 1. The molecule has 8 heteroatoms. The molecule has 0 aliphatic heterocycles. The molecule has 3 aromatic rings. The number of carbonyl (C=O) groups excluding carboxylic acids is 1. The topological polar surface area (TPSA) is 84.2 Å². The Balaban J connectivity index is 1.84. The van der Waals surface area contributed by atoms with E-state index in [4.69, 9.17) is 11.6 Å². The summed E-state index contributed by atoms with van der Waals surface area (Å²) >= 11 is 5.99. The van der Waals surface area contributed by atoms with E-state index in [1.54, 1.807) is 41.2 Å². The third-order valence-corrected chi connectivity index (χ3v) is 2.82. The van der Waals surface area contributed by atoms with Crippen LogP contribution in [0.25, 0.3) is 5.65 Å². The number of nitrogens with zero attached hydrogens (tertiary/aromatic N) is 4. The molecule has 3 heterocycles. The lowest BCUT2D eigenvalue weighted by Gasteiger charge is -2.06. The highest BCUT2D eigenvalue weighted by Gasteiger charge is 2.17. The van der Waals surface area contributed by atoms with Crippen LogP contribution in [0.3, 0.4) is 0 Å². The molecular formula is C12H9ClN6O. The van der Waals surface area contributed by atoms with E-state index in [2.05, 4.69) is 25.8 Å². The average Bonchev–Trinajstić information content (AvgIpc) is 2.82. The Morgan fingerprint density at radius 2 is 2.00 bits per heavy atom. The lowest BCUT2D eigenvalue weighted by molar-refractivity contribution is 0.0956. The third kappa shape index (κ3) is 2.26. The number of halogens is 1. The molecule has 100 valence electrons. The molecule has 0 unspecified atom stereocenters. The van der Waals surface area contributed by atoms with Crippen molar-refractivity contribution >= 4 is 29.1 Å². The number of anilines is 1. The summed E-state index contributed by atoms with van der Waals surface area (Å²) in [5.41, 5.74) is 5.92. The van der Waals surface area contributed by atoms with Crippen molar-refractivity contribution in [3.63, 3.8) is 0 Å². The predicted molar refractivity (Wildman–Crippen MR) is 73.3 cm³/mol. The predicted octanol–water partition coefficient (Wildman–Crippen LogP) is 1.53. The van der Waals surface area contributed by atoms with Crippen LogP contribution in [-0.4, -0.2) is 25.3 Å². The van der Waals surface area contributed by atoms with Gasteiger partial charge in [0.1, 0.15) is 5.65 Å². The van der Waals surface area contributed by atoms with E-state index in [-0.39, 0.29) is 16.8 Å². The van der Waals surface area contributed by atoms with Crippen LogP contribution in [0, 0.1) is 0 Å². The van der Waals surface area contributed by atoms with Crippen molar-refractivity contribution in [2.45, 2.75) is 0 Å². The minimum Gasteiger partial charge on any atom is -0.294 e. The van der Waals surface area contributed by atoms with Gasteiger partial charge < -0.3 is 0 Å². The largest absolute Gasteiger partial charge is 0.294 e. The summed E-state index contributed by atoms with van der Waals surface area (Å²) < 4.78 is 1.60. The van der Waals surface area contributed by atoms with Crippen molar-refractivity contribution in [1.29, 1.82) is 0 Å². The van der Waals surface area contributed by atoms with Crippen molar-refractivity contribution < 1.29 is 4.79 Å². The Kier molecular flexibility index (Phi) is 3.18. The van der Waals surface area contributed by atoms with Gasteiger partial charge in [-0.3, -0.25) is 20.0 Å². The van der Waals surface area contributed by atoms with Crippen molar-refractivity contribution in [3.8, 4) is 0 Å². The van der Waals surface area contributed by atoms with E-state index in [1.807, 2.05) is 6.07 Å². The number of imidazole rings is 1. The highest BCUT2D eigenvalue weighted by molar-refractivity contribution is 6.32. The Labute approximate surface area is 118 Å². The van der Waals surface area contributed by atoms with Gasteiger partial charge in [0, 0.05) is 18.6 Å². The molecule has 0 aliphatic rings. The molecule has 0 aromatic carbocycles. The van der Waals surface area contributed by atoms with E-state index in [1.165, 1.54) is 0 Å². The molecule has 3 aromatic heterocycles. The Morgan fingerprint density at radius 1 is 1.20 bits per heavy atom. The monoisotopic (exact) mass is 288 g/mol. The van der Waals surface area contributed by atoms with Gasteiger partial charge in [-0.05, 0) is 18.2 Å². The highest BCUT2D eigenvalue weighted by Crippen LogP contribution is 2.17. The number of aromatic nitrogens is 4. The number of hydrogen-bond acceptors (Lipinski definition) is 5. The molecule has 0 aliphatic carbocycles. The first-order valence-corrected chi connectivity index (χ1v) is 6.09. The molecule has 0 atom stereocenters. The molecule has 0 fully saturated rings. The SMILES string of the molecule is O=C(NNc1ncccn1)c1c(Cl)nc2ccccn12. The van der Waals surface area contributed by atoms with E-state index in [0.29, 0.717) is 5.65 Å². The second-order valence-electron chi connectivity index (χ2n) is 3.83. The van der Waals surface area contributed by atoms with Gasteiger partial charge in [-0.2, -0.15) is 0 Å². The van der Waals surface area contributed by atoms with Crippen LogP contribution >= 0.6 is 11.6 Å². The Bertz CT molecular complexity index is 757. The highest BCUT2D eigenvalue weighted by atomic mass is 35.5. The summed E-state index contributed by atoms with van der Waals surface area (Å²) in [6.45, 7) is 0. The van der Waals surface area contributed by atoms with Gasteiger partial charge in [0.05, 0.1) is 0 Å². The summed E-state index contributed by atoms with van der Waals surface area (Å²) in [6, 6.07) is 7.04. The fraction of sp³-hybridized carbons (Fsp3) is 0. The number of amides is 1. The fourth-order valence-electron chi connectivity index (χ4n) is 1.71. The van der Waals surface area contributed by atoms with E-state index in [9.17, 15) is 4.79 Å². The van der Waals surface area contributed by atoms with Crippen LogP contribution in [0.5, 0.6) is 0 Å². The van der Waals surface area contributed by atoms with E-state index in [0.717, 1.165) is 0 Å². The first-order chi connectivity index (χ1) is 9.75. The first-order valence-electron chi connectivity index (χ1n) is 5.71. The lowest BCUT2D eigenvalue weighted by Crippen LogP contribution is -2.31. The van der Waals surface area contributed by atoms with Gasteiger partial charge >= 0.3 is 0 Å². The second kappa shape index (κ2) is 5.14. The number of nitrogens with one attached hydrogen (secondary N) is 2. The number of hydrogen-bond donors (Lipinski definition) is 2. The van der Waals surface area contributed by atoms with Gasteiger partial charge in [-0.1, -0.05) is 17.7 Å². The second-order valence-corrected chi connectivity index (χ2v) is 4.19. The zero-order valence-electron chi connectivity index (χ0n) is 10.1. The zero-order valence-corrected chi connectivity index (χ0v) is 10.9. The molecule has 0 radical (unpaired) electrons. The summed E-state index contributed by atoms with van der Waals surface area (Å²) in [7, 11) is 0. The third-order valence-electron chi connectivity index (χ3n) is 2.56. The molecule has 3 rings (SSSR count). The van der Waals surface area contributed by atoms with Gasteiger partial charge in [0.2, 0.25) is 5.95 Å². The average molecular weight is 289 g/mol. The standard InChI is InChI=1S/C12H9ClN6O/c13-10-9(19-7-2-1-4-8(19)16-10)11(20)17-18-12-14-5-3-6-15-12/h1-7H,(H,17,20)(H,14,15,18). The maximum Gasteiger partial charge on any atom is 0.289 e. The number of pyridine rings is 1. The van der Waals surface area contributed by atoms with Crippen LogP contribution in [-0.2, 0) is 0 Å². The quantitative estimate of drug-likeness (QED) is 0.714. The van der Waals surface area contributed by atoms with Gasteiger partial charge in [0.25, 0.3) is 5.91 Å². The Morgan fingerprint density at radius 3 is 2.80 bits per heavy atom. The van der Waals surface area contributed by atoms with Gasteiger partial charge in [-0.25, -0.2) is 15.0 Å². The molecule has 0 spiro atoms.